The van der Waals surface area contributed by atoms with E-state index in [9.17, 15) is 0 Å². The Morgan fingerprint density at radius 1 is 0.758 bits per heavy atom. The molecule has 4 aromatic rings. The van der Waals surface area contributed by atoms with Crippen molar-refractivity contribution in [3.05, 3.63) is 139 Å². The maximum absolute atomic E-state index is 4.42. The van der Waals surface area contributed by atoms with E-state index >= 15 is 0 Å². The number of hydrogen-bond donors (Lipinski definition) is 0. The second-order valence-corrected chi connectivity index (χ2v) is 7.64. The third-order valence-corrected chi connectivity index (χ3v) is 5.60. The SMILES string of the molecule is [Ir+3].[c-]1cc2c(cc1-c1ccccn1)C1C=CC=CC1C=C2.[c-]1ccccc1-c1[c-]nccc1. The average molecular weight is 602 g/mol. The summed E-state index contributed by atoms with van der Waals surface area (Å²) in [6.07, 6.45) is 19.8. The van der Waals surface area contributed by atoms with Crippen LogP contribution in [0.4, 0.5) is 0 Å². The number of benzene rings is 2. The van der Waals surface area contributed by atoms with E-state index in [4.69, 9.17) is 0 Å². The van der Waals surface area contributed by atoms with Crippen LogP contribution in [-0.4, -0.2) is 9.97 Å². The third-order valence-electron chi connectivity index (χ3n) is 5.60. The summed E-state index contributed by atoms with van der Waals surface area (Å²) in [6, 6.07) is 28.4. The fourth-order valence-electron chi connectivity index (χ4n) is 3.99. The molecule has 2 nitrogen and oxygen atoms in total. The Hall–Kier alpha value is -3.39. The monoisotopic (exact) mass is 602 g/mol. The van der Waals surface area contributed by atoms with Gasteiger partial charge >= 0.3 is 20.1 Å². The fraction of sp³-hybridized carbons (Fsp3) is 0.0667. The molecule has 2 aromatic carbocycles. The van der Waals surface area contributed by atoms with E-state index in [-0.39, 0.29) is 20.1 Å². The third kappa shape index (κ3) is 5.34. The van der Waals surface area contributed by atoms with Gasteiger partial charge in [0.2, 0.25) is 0 Å². The number of pyridine rings is 2. The zero-order chi connectivity index (χ0) is 21.6. The molecule has 2 aliphatic carbocycles. The van der Waals surface area contributed by atoms with E-state index in [0.717, 1.165) is 22.4 Å². The van der Waals surface area contributed by atoms with E-state index in [2.05, 4.69) is 76.9 Å². The summed E-state index contributed by atoms with van der Waals surface area (Å²) in [6.45, 7) is 0. The van der Waals surface area contributed by atoms with Gasteiger partial charge in [0.05, 0.1) is 0 Å². The van der Waals surface area contributed by atoms with E-state index in [1.54, 1.807) is 6.20 Å². The maximum atomic E-state index is 4.42. The van der Waals surface area contributed by atoms with Crippen LogP contribution in [0.2, 0.25) is 0 Å². The van der Waals surface area contributed by atoms with Gasteiger partial charge in [-0.15, -0.1) is 53.1 Å². The van der Waals surface area contributed by atoms with Crippen molar-refractivity contribution < 1.29 is 20.1 Å². The number of aromatic nitrogens is 2. The molecule has 0 saturated carbocycles. The molecule has 2 atom stereocenters. The second-order valence-electron chi connectivity index (χ2n) is 7.64. The van der Waals surface area contributed by atoms with Gasteiger partial charge in [-0.1, -0.05) is 54.9 Å². The minimum absolute atomic E-state index is 0. The summed E-state index contributed by atoms with van der Waals surface area (Å²) in [4.78, 5) is 8.34. The number of nitrogens with zero attached hydrogens (tertiary/aromatic N) is 2. The molecule has 3 heteroatoms. The molecule has 6 rings (SSSR count). The molecule has 0 bridgehead atoms. The smallest absolute Gasteiger partial charge is 0.371 e. The van der Waals surface area contributed by atoms with Crippen molar-refractivity contribution in [1.29, 1.82) is 0 Å². The van der Waals surface area contributed by atoms with Crippen LogP contribution in [0.15, 0.2) is 110 Å². The van der Waals surface area contributed by atoms with Crippen molar-refractivity contribution in [3.63, 3.8) is 0 Å². The molecule has 0 fully saturated rings. The first-order valence-corrected chi connectivity index (χ1v) is 10.7. The number of fused-ring (bicyclic) bond motifs is 3. The van der Waals surface area contributed by atoms with Gasteiger partial charge in [0.25, 0.3) is 0 Å². The molecule has 0 radical (unpaired) electrons. The summed E-state index contributed by atoms with van der Waals surface area (Å²) >= 11 is 0. The molecule has 160 valence electrons. The fourth-order valence-corrected chi connectivity index (χ4v) is 3.99. The first-order chi connectivity index (χ1) is 15.9. The van der Waals surface area contributed by atoms with Gasteiger partial charge in [-0.2, -0.15) is 30.3 Å². The molecular formula is C30H21IrN2. The number of rotatable bonds is 2. The first-order valence-electron chi connectivity index (χ1n) is 10.7. The van der Waals surface area contributed by atoms with Crippen molar-refractivity contribution in [1.82, 2.24) is 9.97 Å². The van der Waals surface area contributed by atoms with Crippen LogP contribution in [0, 0.1) is 24.2 Å². The average Bonchev–Trinajstić information content (AvgIpc) is 2.90. The number of allylic oxidation sites excluding steroid dienone is 5. The van der Waals surface area contributed by atoms with Crippen molar-refractivity contribution in [3.8, 4) is 22.4 Å². The van der Waals surface area contributed by atoms with Crippen molar-refractivity contribution in [2.75, 3.05) is 0 Å². The topological polar surface area (TPSA) is 25.8 Å². The summed E-state index contributed by atoms with van der Waals surface area (Å²) in [5.74, 6) is 0.920. The van der Waals surface area contributed by atoms with Crippen molar-refractivity contribution in [2.24, 2.45) is 5.92 Å². The van der Waals surface area contributed by atoms with Crippen LogP contribution < -0.4 is 0 Å². The van der Waals surface area contributed by atoms with Crippen LogP contribution >= 0.6 is 0 Å². The molecule has 0 saturated heterocycles. The van der Waals surface area contributed by atoms with Gasteiger partial charge in [-0.25, -0.2) is 11.1 Å². The normalized spacial score (nSPS) is 17.1. The van der Waals surface area contributed by atoms with Gasteiger partial charge in [-0.05, 0) is 17.7 Å². The molecule has 0 spiro atoms. The van der Waals surface area contributed by atoms with Crippen LogP contribution in [-0.2, 0) is 20.1 Å². The van der Waals surface area contributed by atoms with Gasteiger partial charge in [0, 0.05) is 12.1 Å². The summed E-state index contributed by atoms with van der Waals surface area (Å²) in [7, 11) is 0. The van der Waals surface area contributed by atoms with Gasteiger partial charge in [-0.3, -0.25) is 0 Å². The van der Waals surface area contributed by atoms with Crippen LogP contribution in [0.1, 0.15) is 17.0 Å². The van der Waals surface area contributed by atoms with Crippen LogP contribution in [0.25, 0.3) is 28.5 Å². The molecule has 2 heterocycles. The van der Waals surface area contributed by atoms with E-state index in [1.807, 2.05) is 60.8 Å². The number of hydrogen-bond acceptors (Lipinski definition) is 2. The molecule has 33 heavy (non-hydrogen) atoms. The molecule has 2 aromatic heterocycles. The standard InChI is InChI=1S/C19H14N.C11H7N.Ir/c1-2-6-17-14(5-1)8-9-15-10-11-16(13-18(15)17)19-7-3-4-12-20-19;1-2-5-10(6-3-1)11-7-4-8-12-9-11;/h1-10,12-14,17H;1-5,7-8H;/q-1;-2;+3. The molecule has 0 aliphatic heterocycles. The quantitative estimate of drug-likeness (QED) is 0.238. The van der Waals surface area contributed by atoms with Crippen LogP contribution in [0.3, 0.4) is 0 Å². The van der Waals surface area contributed by atoms with Crippen LogP contribution in [0.5, 0.6) is 0 Å². The molecule has 2 aliphatic rings. The minimum Gasteiger partial charge on any atom is -0.371 e. The minimum atomic E-state index is 0. The van der Waals surface area contributed by atoms with Gasteiger partial charge in [0.15, 0.2) is 0 Å². The largest absolute Gasteiger partial charge is 3.00 e. The molecule has 2 unspecified atom stereocenters. The zero-order valence-electron chi connectivity index (χ0n) is 17.9. The Morgan fingerprint density at radius 2 is 1.64 bits per heavy atom. The summed E-state index contributed by atoms with van der Waals surface area (Å²) in [5.41, 5.74) is 6.71. The Kier molecular flexibility index (Phi) is 7.57. The van der Waals surface area contributed by atoms with Gasteiger partial charge in [0.1, 0.15) is 0 Å². The molecule has 0 N–H and O–H groups in total. The molecular weight excluding hydrogens is 581 g/mol. The Balaban J connectivity index is 0.000000172. The molecule has 0 amide bonds. The summed E-state index contributed by atoms with van der Waals surface area (Å²) < 4.78 is 0. The summed E-state index contributed by atoms with van der Waals surface area (Å²) in [5, 5.41) is 0. The zero-order valence-corrected chi connectivity index (χ0v) is 20.2. The maximum Gasteiger partial charge on any atom is 3.00 e. The Labute approximate surface area is 208 Å². The second kappa shape index (κ2) is 11.0. The Bertz CT molecular complexity index is 1230. The van der Waals surface area contributed by atoms with E-state index in [1.165, 1.54) is 11.1 Å². The predicted octanol–water partition coefficient (Wildman–Crippen LogP) is 6.75. The Morgan fingerprint density at radius 3 is 2.42 bits per heavy atom. The van der Waals surface area contributed by atoms with E-state index in [0.29, 0.717) is 11.8 Å². The van der Waals surface area contributed by atoms with E-state index < -0.39 is 0 Å². The first kappa shape index (κ1) is 22.8. The van der Waals surface area contributed by atoms with Crippen molar-refractivity contribution >= 4 is 6.08 Å². The van der Waals surface area contributed by atoms with Crippen molar-refractivity contribution in [2.45, 2.75) is 5.92 Å². The van der Waals surface area contributed by atoms with Gasteiger partial charge < -0.3 is 9.97 Å². The predicted molar refractivity (Wildman–Crippen MR) is 129 cm³/mol.